The number of aliphatic hydroxyl groups excluding tert-OH is 1. The van der Waals surface area contributed by atoms with Crippen molar-refractivity contribution in [2.45, 2.75) is 44.0 Å². The highest BCUT2D eigenvalue weighted by Crippen LogP contribution is 2.30. The van der Waals surface area contributed by atoms with Crippen molar-refractivity contribution < 1.29 is 37.4 Å². The number of amides is 1. The molecule has 2 N–H and O–H groups in total. The number of carbonyl (C=O) groups is 3. The molecule has 0 spiro atoms. The van der Waals surface area contributed by atoms with Crippen LogP contribution in [-0.4, -0.2) is 35.9 Å². The van der Waals surface area contributed by atoms with E-state index in [9.17, 15) is 32.7 Å². The van der Waals surface area contributed by atoms with Gasteiger partial charge in [-0.2, -0.15) is 13.2 Å². The fraction of sp³-hybridized carbons (Fsp3) is 0.500. The summed E-state index contributed by atoms with van der Waals surface area (Å²) < 4.78 is 42.5. The predicted octanol–water partition coefficient (Wildman–Crippen LogP) is 2.16. The van der Waals surface area contributed by atoms with E-state index in [-0.39, 0.29) is 17.8 Å². The minimum absolute atomic E-state index is 0.0299. The molecule has 0 saturated heterocycles. The van der Waals surface area contributed by atoms with Gasteiger partial charge in [0.25, 0.3) is 5.91 Å². The summed E-state index contributed by atoms with van der Waals surface area (Å²) in [6.45, 7) is 0. The molecule has 0 heterocycles. The third-order valence-corrected chi connectivity index (χ3v) is 4.55. The Morgan fingerprint density at radius 3 is 2.41 bits per heavy atom. The number of methoxy groups -OCH3 is 1. The predicted molar refractivity (Wildman–Crippen MR) is 87.3 cm³/mol. The van der Waals surface area contributed by atoms with Gasteiger partial charge in [-0.15, -0.1) is 0 Å². The Kier molecular flexibility index (Phi) is 6.59. The SMILES string of the molecule is COC(=O)[C@@H](NC(=O)[C@@H](O)c1ccc(C(F)(F)F)cc1)[C@H]1CCCC(=O)C1. The number of Topliss-reactive ketones (excluding diaryl/α,β-unsaturated/α-hetero) is 1. The summed E-state index contributed by atoms with van der Waals surface area (Å²) in [5.74, 6) is -2.19. The first kappa shape index (κ1) is 20.9. The summed E-state index contributed by atoms with van der Waals surface area (Å²) in [5, 5.41) is 12.5. The van der Waals surface area contributed by atoms with Gasteiger partial charge in [-0.05, 0) is 36.5 Å². The van der Waals surface area contributed by atoms with Gasteiger partial charge in [0.05, 0.1) is 12.7 Å². The first-order valence-corrected chi connectivity index (χ1v) is 8.38. The van der Waals surface area contributed by atoms with Gasteiger partial charge in [-0.3, -0.25) is 9.59 Å². The molecule has 1 aromatic rings. The van der Waals surface area contributed by atoms with Crippen LogP contribution in [0.15, 0.2) is 24.3 Å². The number of hydrogen-bond donors (Lipinski definition) is 2. The number of aliphatic hydroxyl groups is 1. The molecule has 1 aliphatic carbocycles. The fourth-order valence-electron chi connectivity index (χ4n) is 3.08. The molecule has 1 aromatic carbocycles. The van der Waals surface area contributed by atoms with Gasteiger partial charge in [0.15, 0.2) is 6.10 Å². The van der Waals surface area contributed by atoms with Gasteiger partial charge < -0.3 is 15.2 Å². The zero-order chi connectivity index (χ0) is 20.2. The van der Waals surface area contributed by atoms with Gasteiger partial charge in [0.2, 0.25) is 0 Å². The first-order chi connectivity index (χ1) is 12.6. The van der Waals surface area contributed by atoms with E-state index in [2.05, 4.69) is 10.1 Å². The number of ketones is 1. The highest BCUT2D eigenvalue weighted by atomic mass is 19.4. The van der Waals surface area contributed by atoms with E-state index in [1.165, 1.54) is 0 Å². The number of rotatable bonds is 5. The van der Waals surface area contributed by atoms with Crippen LogP contribution in [0.2, 0.25) is 0 Å². The molecule has 2 rings (SSSR count). The lowest BCUT2D eigenvalue weighted by molar-refractivity contribution is -0.149. The zero-order valence-electron chi connectivity index (χ0n) is 14.6. The maximum absolute atomic E-state index is 12.6. The Bertz CT molecular complexity index is 702. The number of nitrogens with one attached hydrogen (secondary N) is 1. The van der Waals surface area contributed by atoms with Crippen LogP contribution in [-0.2, 0) is 25.3 Å². The second kappa shape index (κ2) is 8.51. The minimum Gasteiger partial charge on any atom is -0.467 e. The van der Waals surface area contributed by atoms with Crippen molar-refractivity contribution in [1.29, 1.82) is 0 Å². The van der Waals surface area contributed by atoms with E-state index >= 15 is 0 Å². The van der Waals surface area contributed by atoms with Crippen LogP contribution < -0.4 is 5.32 Å². The van der Waals surface area contributed by atoms with Crippen LogP contribution in [0, 0.1) is 5.92 Å². The molecular weight excluding hydrogens is 367 g/mol. The molecule has 27 heavy (non-hydrogen) atoms. The maximum atomic E-state index is 12.6. The molecule has 0 radical (unpaired) electrons. The average molecular weight is 387 g/mol. The van der Waals surface area contributed by atoms with Crippen LogP contribution in [0.5, 0.6) is 0 Å². The van der Waals surface area contributed by atoms with Crippen LogP contribution in [0.3, 0.4) is 0 Å². The van der Waals surface area contributed by atoms with E-state index in [1.807, 2.05) is 0 Å². The van der Waals surface area contributed by atoms with Gasteiger partial charge in [0, 0.05) is 12.8 Å². The van der Waals surface area contributed by atoms with Crippen molar-refractivity contribution in [3.63, 3.8) is 0 Å². The Morgan fingerprint density at radius 2 is 1.89 bits per heavy atom. The zero-order valence-corrected chi connectivity index (χ0v) is 14.6. The highest BCUT2D eigenvalue weighted by Gasteiger charge is 2.36. The highest BCUT2D eigenvalue weighted by molar-refractivity contribution is 5.88. The molecule has 1 aliphatic rings. The van der Waals surface area contributed by atoms with E-state index in [1.54, 1.807) is 0 Å². The Balaban J connectivity index is 2.11. The van der Waals surface area contributed by atoms with Crippen LogP contribution in [0.1, 0.15) is 42.9 Å². The van der Waals surface area contributed by atoms with Crippen molar-refractivity contribution in [3.05, 3.63) is 35.4 Å². The molecule has 0 bridgehead atoms. The smallest absolute Gasteiger partial charge is 0.416 e. The van der Waals surface area contributed by atoms with Crippen LogP contribution in [0.25, 0.3) is 0 Å². The first-order valence-electron chi connectivity index (χ1n) is 8.38. The normalized spacial score (nSPS) is 19.9. The molecule has 0 aliphatic heterocycles. The molecule has 3 atom stereocenters. The van der Waals surface area contributed by atoms with Crippen LogP contribution in [0.4, 0.5) is 13.2 Å². The van der Waals surface area contributed by atoms with Crippen molar-refractivity contribution in [1.82, 2.24) is 5.32 Å². The van der Waals surface area contributed by atoms with Gasteiger partial charge in [-0.25, -0.2) is 4.79 Å². The quantitative estimate of drug-likeness (QED) is 0.756. The average Bonchev–Trinajstić information content (AvgIpc) is 2.64. The third kappa shape index (κ3) is 5.29. The van der Waals surface area contributed by atoms with Crippen LogP contribution >= 0.6 is 0 Å². The standard InChI is InChI=1S/C18H20F3NO5/c1-27-17(26)14(11-3-2-4-13(23)9-11)22-16(25)15(24)10-5-7-12(8-6-10)18(19,20)21/h5-8,11,14-15,24H,2-4,9H2,1H3,(H,22,25)/t11-,14-,15-/m0/s1. The summed E-state index contributed by atoms with van der Waals surface area (Å²) in [7, 11) is 1.14. The van der Waals surface area contributed by atoms with Gasteiger partial charge in [-0.1, -0.05) is 12.1 Å². The third-order valence-electron chi connectivity index (χ3n) is 4.55. The summed E-state index contributed by atoms with van der Waals surface area (Å²) in [6, 6.07) is 2.37. The molecule has 0 unspecified atom stereocenters. The van der Waals surface area contributed by atoms with E-state index in [0.717, 1.165) is 31.4 Å². The molecule has 9 heteroatoms. The second-order valence-electron chi connectivity index (χ2n) is 6.43. The molecule has 1 amide bonds. The van der Waals surface area contributed by atoms with E-state index in [4.69, 9.17) is 0 Å². The van der Waals surface area contributed by atoms with E-state index in [0.29, 0.717) is 19.3 Å². The number of carbonyl (C=O) groups excluding carboxylic acids is 3. The number of esters is 1. The Morgan fingerprint density at radius 1 is 1.26 bits per heavy atom. The maximum Gasteiger partial charge on any atom is 0.416 e. The molecule has 1 saturated carbocycles. The topological polar surface area (TPSA) is 92.7 Å². The van der Waals surface area contributed by atoms with Crippen molar-refractivity contribution >= 4 is 17.7 Å². The van der Waals surface area contributed by atoms with Gasteiger partial charge >= 0.3 is 12.1 Å². The summed E-state index contributed by atoms with van der Waals surface area (Å²) >= 11 is 0. The summed E-state index contributed by atoms with van der Waals surface area (Å²) in [5.41, 5.74) is -0.962. The molecule has 0 aromatic heterocycles. The monoisotopic (exact) mass is 387 g/mol. The lowest BCUT2D eigenvalue weighted by Crippen LogP contribution is -2.49. The summed E-state index contributed by atoms with van der Waals surface area (Å²) in [4.78, 5) is 36.0. The Labute approximate surface area is 153 Å². The molecule has 148 valence electrons. The number of hydrogen-bond acceptors (Lipinski definition) is 5. The fourth-order valence-corrected chi connectivity index (χ4v) is 3.08. The number of halogens is 3. The molecule has 1 fully saturated rings. The second-order valence-corrected chi connectivity index (χ2v) is 6.43. The number of benzene rings is 1. The largest absolute Gasteiger partial charge is 0.467 e. The van der Waals surface area contributed by atoms with E-state index < -0.39 is 41.7 Å². The van der Waals surface area contributed by atoms with Crippen molar-refractivity contribution in [3.8, 4) is 0 Å². The lowest BCUT2D eigenvalue weighted by Gasteiger charge is -2.29. The van der Waals surface area contributed by atoms with Gasteiger partial charge in [0.1, 0.15) is 11.8 Å². The van der Waals surface area contributed by atoms with Crippen molar-refractivity contribution in [2.24, 2.45) is 5.92 Å². The molecular formula is C18H20F3NO5. The summed E-state index contributed by atoms with van der Waals surface area (Å²) in [6.07, 6.45) is -4.67. The number of ether oxygens (including phenoxy) is 1. The Hall–Kier alpha value is -2.42. The molecule has 6 nitrogen and oxygen atoms in total. The van der Waals surface area contributed by atoms with Crippen molar-refractivity contribution in [2.75, 3.05) is 7.11 Å². The number of alkyl halides is 3. The minimum atomic E-state index is -4.53. The lowest BCUT2D eigenvalue weighted by atomic mass is 9.83.